The molecule has 3 rings (SSSR count). The third-order valence-corrected chi connectivity index (χ3v) is 3.86. The molecule has 1 aliphatic rings. The minimum absolute atomic E-state index is 0.0180. The molecular weight excluding hydrogens is 318 g/mol. The van der Waals surface area contributed by atoms with Crippen LogP contribution in [0.4, 0.5) is 10.5 Å². The van der Waals surface area contributed by atoms with Crippen molar-refractivity contribution in [1.82, 2.24) is 20.4 Å². The van der Waals surface area contributed by atoms with Crippen LogP contribution in [0.2, 0.25) is 5.02 Å². The van der Waals surface area contributed by atoms with Crippen LogP contribution in [-0.4, -0.2) is 34.3 Å². The van der Waals surface area contributed by atoms with Crippen molar-refractivity contribution in [3.63, 3.8) is 0 Å². The fourth-order valence-electron chi connectivity index (χ4n) is 2.39. The summed E-state index contributed by atoms with van der Waals surface area (Å²) >= 11 is 6.23. The van der Waals surface area contributed by atoms with Gasteiger partial charge >= 0.3 is 6.03 Å². The lowest BCUT2D eigenvalue weighted by Gasteiger charge is -2.23. The predicted molar refractivity (Wildman–Crippen MR) is 86.8 cm³/mol. The normalized spacial score (nSPS) is 17.4. The highest BCUT2D eigenvalue weighted by molar-refractivity contribution is 6.32. The molecule has 1 aliphatic heterocycles. The van der Waals surface area contributed by atoms with Gasteiger partial charge in [-0.15, -0.1) is 0 Å². The van der Waals surface area contributed by atoms with E-state index in [2.05, 4.69) is 21.0 Å². The Labute approximate surface area is 138 Å². The van der Waals surface area contributed by atoms with E-state index >= 15 is 0 Å². The van der Waals surface area contributed by atoms with Crippen molar-refractivity contribution in [2.75, 3.05) is 11.9 Å². The minimum Gasteiger partial charge on any atom is -0.354 e. The van der Waals surface area contributed by atoms with Gasteiger partial charge in [-0.1, -0.05) is 11.6 Å². The van der Waals surface area contributed by atoms with Crippen LogP contribution in [0, 0.1) is 0 Å². The second-order valence-corrected chi connectivity index (χ2v) is 5.66. The fourth-order valence-corrected chi connectivity index (χ4v) is 2.66. The SMILES string of the molecule is O=C1CCC(NC(=O)Nc2ccc(-n3cccn3)c(Cl)c2)CN1. The molecule has 0 aliphatic carbocycles. The summed E-state index contributed by atoms with van der Waals surface area (Å²) in [6, 6.07) is 6.62. The number of benzene rings is 1. The highest BCUT2D eigenvalue weighted by Crippen LogP contribution is 2.23. The van der Waals surface area contributed by atoms with Gasteiger partial charge in [-0.2, -0.15) is 5.10 Å². The van der Waals surface area contributed by atoms with Crippen molar-refractivity contribution in [1.29, 1.82) is 0 Å². The molecule has 0 bridgehead atoms. The van der Waals surface area contributed by atoms with Gasteiger partial charge in [-0.25, -0.2) is 9.48 Å². The van der Waals surface area contributed by atoms with Crippen LogP contribution < -0.4 is 16.0 Å². The molecule has 1 atom stereocenters. The van der Waals surface area contributed by atoms with Crippen LogP contribution >= 0.6 is 11.6 Å². The first-order valence-corrected chi connectivity index (χ1v) is 7.63. The fraction of sp³-hybridized carbons (Fsp3) is 0.267. The van der Waals surface area contributed by atoms with Gasteiger partial charge in [-0.3, -0.25) is 4.79 Å². The number of carbonyl (C=O) groups excluding carboxylic acids is 2. The third kappa shape index (κ3) is 3.81. The van der Waals surface area contributed by atoms with E-state index in [4.69, 9.17) is 11.6 Å². The van der Waals surface area contributed by atoms with E-state index < -0.39 is 0 Å². The molecule has 23 heavy (non-hydrogen) atoms. The zero-order valence-electron chi connectivity index (χ0n) is 12.3. The van der Waals surface area contributed by atoms with Crippen LogP contribution in [0.1, 0.15) is 12.8 Å². The second kappa shape index (κ2) is 6.70. The number of anilines is 1. The molecule has 0 saturated carbocycles. The number of piperidine rings is 1. The molecular formula is C15H16ClN5O2. The Bertz CT molecular complexity index is 707. The van der Waals surface area contributed by atoms with E-state index in [1.807, 2.05) is 0 Å². The number of nitrogens with one attached hydrogen (secondary N) is 3. The highest BCUT2D eigenvalue weighted by Gasteiger charge is 2.19. The maximum Gasteiger partial charge on any atom is 0.319 e. The van der Waals surface area contributed by atoms with Crippen molar-refractivity contribution in [3.05, 3.63) is 41.7 Å². The largest absolute Gasteiger partial charge is 0.354 e. The monoisotopic (exact) mass is 333 g/mol. The lowest BCUT2D eigenvalue weighted by molar-refractivity contribution is -0.122. The predicted octanol–water partition coefficient (Wildman–Crippen LogP) is 1.93. The first kappa shape index (κ1) is 15.4. The summed E-state index contributed by atoms with van der Waals surface area (Å²) < 4.78 is 1.65. The van der Waals surface area contributed by atoms with Crippen molar-refractivity contribution < 1.29 is 9.59 Å². The Kier molecular flexibility index (Phi) is 4.47. The Balaban J connectivity index is 1.60. The number of nitrogens with zero attached hydrogens (tertiary/aromatic N) is 2. The number of hydrogen-bond donors (Lipinski definition) is 3. The van der Waals surface area contributed by atoms with E-state index in [1.165, 1.54) is 0 Å². The molecule has 3 amide bonds. The van der Waals surface area contributed by atoms with Crippen LogP contribution in [0.25, 0.3) is 5.69 Å². The average Bonchev–Trinajstić information content (AvgIpc) is 3.04. The second-order valence-electron chi connectivity index (χ2n) is 5.25. The Morgan fingerprint density at radius 3 is 2.96 bits per heavy atom. The van der Waals surface area contributed by atoms with Crippen molar-refractivity contribution >= 4 is 29.2 Å². The van der Waals surface area contributed by atoms with Crippen LogP contribution in [0.5, 0.6) is 0 Å². The number of urea groups is 1. The van der Waals surface area contributed by atoms with E-state index in [-0.39, 0.29) is 18.0 Å². The quantitative estimate of drug-likeness (QED) is 0.802. The summed E-state index contributed by atoms with van der Waals surface area (Å²) in [6.45, 7) is 0.450. The van der Waals surface area contributed by atoms with E-state index in [0.29, 0.717) is 30.1 Å². The van der Waals surface area contributed by atoms with Gasteiger partial charge in [0.1, 0.15) is 0 Å². The van der Waals surface area contributed by atoms with Gasteiger partial charge in [0, 0.05) is 37.1 Å². The summed E-state index contributed by atoms with van der Waals surface area (Å²) in [5.74, 6) is 0.0180. The number of rotatable bonds is 3. The standard InChI is InChI=1S/C15H16ClN5O2/c16-12-8-10(2-4-13(12)21-7-1-6-18-21)19-15(23)20-11-3-5-14(22)17-9-11/h1-2,4,6-8,11H,3,5,9H2,(H,17,22)(H2,19,20,23). The lowest BCUT2D eigenvalue weighted by Crippen LogP contribution is -2.48. The summed E-state index contributed by atoms with van der Waals surface area (Å²) in [5.41, 5.74) is 1.32. The van der Waals surface area contributed by atoms with Crippen molar-refractivity contribution in [3.8, 4) is 5.69 Å². The maximum absolute atomic E-state index is 12.0. The van der Waals surface area contributed by atoms with Gasteiger partial charge in [-0.05, 0) is 30.7 Å². The molecule has 0 spiro atoms. The number of carbonyl (C=O) groups is 2. The maximum atomic E-state index is 12.0. The molecule has 2 aromatic rings. The number of hydrogen-bond acceptors (Lipinski definition) is 3. The summed E-state index contributed by atoms with van der Waals surface area (Å²) in [5, 5.41) is 12.9. The van der Waals surface area contributed by atoms with Gasteiger partial charge < -0.3 is 16.0 Å². The summed E-state index contributed by atoms with van der Waals surface area (Å²) in [6.07, 6.45) is 4.52. The molecule has 1 aromatic heterocycles. The molecule has 1 aromatic carbocycles. The van der Waals surface area contributed by atoms with Gasteiger partial charge in [0.2, 0.25) is 5.91 Å². The van der Waals surface area contributed by atoms with Crippen molar-refractivity contribution in [2.45, 2.75) is 18.9 Å². The molecule has 1 unspecified atom stereocenters. The molecule has 0 radical (unpaired) electrons. The van der Waals surface area contributed by atoms with Crippen LogP contribution in [0.15, 0.2) is 36.7 Å². The molecule has 8 heteroatoms. The first-order chi connectivity index (χ1) is 11.1. The smallest absolute Gasteiger partial charge is 0.319 e. The molecule has 120 valence electrons. The van der Waals surface area contributed by atoms with E-state index in [9.17, 15) is 9.59 Å². The zero-order chi connectivity index (χ0) is 16.2. The number of amides is 3. The number of halogens is 1. The van der Waals surface area contributed by atoms with Crippen molar-refractivity contribution in [2.24, 2.45) is 0 Å². The van der Waals surface area contributed by atoms with Gasteiger partial charge in [0.05, 0.1) is 10.7 Å². The Hall–Kier alpha value is -2.54. The Morgan fingerprint density at radius 2 is 2.30 bits per heavy atom. The minimum atomic E-state index is -0.325. The van der Waals surface area contributed by atoms with Crippen LogP contribution in [-0.2, 0) is 4.79 Å². The Morgan fingerprint density at radius 1 is 1.43 bits per heavy atom. The van der Waals surface area contributed by atoms with E-state index in [1.54, 1.807) is 41.3 Å². The lowest BCUT2D eigenvalue weighted by atomic mass is 10.1. The van der Waals surface area contributed by atoms with E-state index in [0.717, 1.165) is 5.69 Å². The zero-order valence-corrected chi connectivity index (χ0v) is 13.0. The van der Waals surface area contributed by atoms with Crippen LogP contribution in [0.3, 0.4) is 0 Å². The average molecular weight is 334 g/mol. The summed E-state index contributed by atoms with van der Waals surface area (Å²) in [4.78, 5) is 23.1. The molecule has 1 saturated heterocycles. The molecule has 1 fully saturated rings. The number of aromatic nitrogens is 2. The molecule has 3 N–H and O–H groups in total. The topological polar surface area (TPSA) is 88.1 Å². The third-order valence-electron chi connectivity index (χ3n) is 3.56. The summed E-state index contributed by atoms with van der Waals surface area (Å²) in [7, 11) is 0. The molecule has 7 nitrogen and oxygen atoms in total. The first-order valence-electron chi connectivity index (χ1n) is 7.25. The van der Waals surface area contributed by atoms with Gasteiger partial charge in [0.25, 0.3) is 0 Å². The highest BCUT2D eigenvalue weighted by atomic mass is 35.5. The molecule has 2 heterocycles. The van der Waals surface area contributed by atoms with Gasteiger partial charge in [0.15, 0.2) is 0 Å².